The highest BCUT2D eigenvalue weighted by molar-refractivity contribution is 5.82. The number of hydrogen-bond acceptors (Lipinski definition) is 2. The van der Waals surface area contributed by atoms with Crippen LogP contribution in [-0.2, 0) is 9.59 Å². The summed E-state index contributed by atoms with van der Waals surface area (Å²) >= 11 is 0. The number of carboxylic acid groups (broad SMARTS) is 1. The van der Waals surface area contributed by atoms with Crippen molar-refractivity contribution in [3.8, 4) is 0 Å². The molecule has 18 heavy (non-hydrogen) atoms. The number of amides is 1. The summed E-state index contributed by atoms with van der Waals surface area (Å²) in [4.78, 5) is 24.1. The van der Waals surface area contributed by atoms with Crippen LogP contribution in [0, 0.1) is 0 Å². The van der Waals surface area contributed by atoms with E-state index in [9.17, 15) is 14.7 Å². The summed E-state index contributed by atoms with van der Waals surface area (Å²) in [5, 5.41) is 9.23. The molecule has 4 heteroatoms. The van der Waals surface area contributed by atoms with Gasteiger partial charge >= 0.3 is 5.97 Å². The molecule has 1 heterocycles. The number of carbonyl (C=O) groups is 2. The van der Waals surface area contributed by atoms with Gasteiger partial charge in [0, 0.05) is 13.5 Å². The normalized spacial score (nSPS) is 23.7. The van der Waals surface area contributed by atoms with Crippen LogP contribution >= 0.6 is 0 Å². The molecule has 1 aromatic rings. The number of nitrogens with zero attached hydrogens (tertiary/aromatic N) is 1. The summed E-state index contributed by atoms with van der Waals surface area (Å²) in [5.41, 5.74) is 1.16. The van der Waals surface area contributed by atoms with Gasteiger partial charge in [-0.25, -0.2) is 4.79 Å². The molecular weight excluding hydrogens is 230 g/mol. The minimum Gasteiger partial charge on any atom is -0.480 e. The topological polar surface area (TPSA) is 57.6 Å². The molecule has 1 aromatic carbocycles. The molecule has 0 unspecified atom stereocenters. The highest BCUT2D eigenvalue weighted by Gasteiger charge is 2.35. The number of likely N-dealkylation sites (tertiary alicyclic amines) is 1. The van der Waals surface area contributed by atoms with Gasteiger partial charge in [0.25, 0.3) is 0 Å². The lowest BCUT2D eigenvalue weighted by Crippen LogP contribution is -2.48. The number of benzene rings is 1. The average molecular weight is 247 g/mol. The molecule has 0 aliphatic carbocycles. The third kappa shape index (κ3) is 2.53. The second-order valence-electron chi connectivity index (χ2n) is 4.70. The Morgan fingerprint density at radius 3 is 2.50 bits per heavy atom. The van der Waals surface area contributed by atoms with E-state index in [4.69, 9.17) is 0 Å². The molecule has 2 atom stereocenters. The van der Waals surface area contributed by atoms with Crippen LogP contribution in [-0.4, -0.2) is 34.5 Å². The fraction of sp³-hybridized carbons (Fsp3) is 0.429. The van der Waals surface area contributed by atoms with E-state index in [-0.39, 0.29) is 11.8 Å². The molecule has 1 aliphatic rings. The summed E-state index contributed by atoms with van der Waals surface area (Å²) in [6, 6.07) is 9.22. The maximum Gasteiger partial charge on any atom is 0.326 e. The lowest BCUT2D eigenvalue weighted by atomic mass is 9.85. The Kier molecular flexibility index (Phi) is 3.65. The Morgan fingerprint density at radius 1 is 1.28 bits per heavy atom. The Morgan fingerprint density at radius 2 is 1.94 bits per heavy atom. The van der Waals surface area contributed by atoms with E-state index in [1.807, 2.05) is 30.3 Å². The number of hydrogen-bond donors (Lipinski definition) is 1. The van der Waals surface area contributed by atoms with Crippen molar-refractivity contribution < 1.29 is 14.7 Å². The monoisotopic (exact) mass is 247 g/mol. The smallest absolute Gasteiger partial charge is 0.326 e. The van der Waals surface area contributed by atoms with Gasteiger partial charge in [0.1, 0.15) is 6.04 Å². The first-order valence-corrected chi connectivity index (χ1v) is 6.14. The molecule has 1 aliphatic heterocycles. The molecule has 1 amide bonds. The van der Waals surface area contributed by atoms with Crippen molar-refractivity contribution in [2.45, 2.75) is 31.7 Å². The Hall–Kier alpha value is -1.84. The lowest BCUT2D eigenvalue weighted by Gasteiger charge is -2.36. The number of carboxylic acids is 1. The van der Waals surface area contributed by atoms with Gasteiger partial charge in [0.15, 0.2) is 0 Å². The largest absolute Gasteiger partial charge is 0.480 e. The zero-order valence-electron chi connectivity index (χ0n) is 10.4. The van der Waals surface area contributed by atoms with Crippen molar-refractivity contribution in [1.29, 1.82) is 0 Å². The van der Waals surface area contributed by atoms with Crippen LogP contribution in [0.25, 0.3) is 0 Å². The molecule has 1 saturated heterocycles. The SMILES string of the molecule is CC(=O)N1CC[C@H](c2ccccc2)C[C@@H]1C(=O)O. The van der Waals surface area contributed by atoms with Crippen molar-refractivity contribution in [3.05, 3.63) is 35.9 Å². The molecule has 0 spiro atoms. The summed E-state index contributed by atoms with van der Waals surface area (Å²) < 4.78 is 0. The third-order valence-corrected chi connectivity index (χ3v) is 3.56. The Bertz CT molecular complexity index is 444. The highest BCUT2D eigenvalue weighted by atomic mass is 16.4. The fourth-order valence-electron chi connectivity index (χ4n) is 2.60. The molecule has 2 rings (SSSR count). The first kappa shape index (κ1) is 12.6. The molecule has 4 nitrogen and oxygen atoms in total. The minimum absolute atomic E-state index is 0.158. The first-order chi connectivity index (χ1) is 8.59. The van der Waals surface area contributed by atoms with E-state index >= 15 is 0 Å². The van der Waals surface area contributed by atoms with E-state index in [2.05, 4.69) is 0 Å². The van der Waals surface area contributed by atoms with Crippen LogP contribution in [0.5, 0.6) is 0 Å². The maximum atomic E-state index is 11.4. The number of carbonyl (C=O) groups excluding carboxylic acids is 1. The minimum atomic E-state index is -0.911. The average Bonchev–Trinajstić information content (AvgIpc) is 2.39. The second kappa shape index (κ2) is 5.21. The van der Waals surface area contributed by atoms with Gasteiger partial charge in [-0.15, -0.1) is 0 Å². The van der Waals surface area contributed by atoms with Gasteiger partial charge in [0.05, 0.1) is 0 Å². The molecule has 96 valence electrons. The summed E-state index contributed by atoms with van der Waals surface area (Å²) in [5.74, 6) is -0.845. The second-order valence-corrected chi connectivity index (χ2v) is 4.70. The van der Waals surface area contributed by atoms with E-state index in [1.54, 1.807) is 0 Å². The van der Waals surface area contributed by atoms with Crippen molar-refractivity contribution >= 4 is 11.9 Å². The predicted octanol–water partition coefficient (Wildman–Crippen LogP) is 1.87. The van der Waals surface area contributed by atoms with Crippen LogP contribution in [0.3, 0.4) is 0 Å². The van der Waals surface area contributed by atoms with Crippen LogP contribution < -0.4 is 0 Å². The molecule has 0 saturated carbocycles. The van der Waals surface area contributed by atoms with Crippen LogP contribution in [0.15, 0.2) is 30.3 Å². The first-order valence-electron chi connectivity index (χ1n) is 6.14. The highest BCUT2D eigenvalue weighted by Crippen LogP contribution is 2.31. The molecule has 1 N–H and O–H groups in total. The Labute approximate surface area is 106 Å². The number of aliphatic carboxylic acids is 1. The van der Waals surface area contributed by atoms with E-state index in [0.717, 1.165) is 12.0 Å². The fourth-order valence-corrected chi connectivity index (χ4v) is 2.60. The van der Waals surface area contributed by atoms with Crippen molar-refractivity contribution in [2.24, 2.45) is 0 Å². The number of rotatable bonds is 2. The van der Waals surface area contributed by atoms with Gasteiger partial charge in [-0.05, 0) is 24.3 Å². The molecule has 0 bridgehead atoms. The van der Waals surface area contributed by atoms with E-state index in [1.165, 1.54) is 11.8 Å². The van der Waals surface area contributed by atoms with Crippen molar-refractivity contribution in [1.82, 2.24) is 4.90 Å². The number of piperidine rings is 1. The quantitative estimate of drug-likeness (QED) is 0.868. The van der Waals surface area contributed by atoms with E-state index < -0.39 is 12.0 Å². The molecule has 0 aromatic heterocycles. The van der Waals surface area contributed by atoms with Crippen molar-refractivity contribution in [3.63, 3.8) is 0 Å². The van der Waals surface area contributed by atoms with Crippen LogP contribution in [0.2, 0.25) is 0 Å². The van der Waals surface area contributed by atoms with Crippen LogP contribution in [0.4, 0.5) is 0 Å². The molecule has 0 radical (unpaired) electrons. The lowest BCUT2D eigenvalue weighted by molar-refractivity contribution is -0.151. The standard InChI is InChI=1S/C14H17NO3/c1-10(16)15-8-7-12(9-13(15)14(17)18)11-5-3-2-4-6-11/h2-6,12-13H,7-9H2,1H3,(H,17,18)/t12-,13+/m0/s1. The van der Waals surface area contributed by atoms with Gasteiger partial charge < -0.3 is 10.0 Å². The molecular formula is C14H17NO3. The third-order valence-electron chi connectivity index (χ3n) is 3.56. The van der Waals surface area contributed by atoms with Gasteiger partial charge in [-0.2, -0.15) is 0 Å². The van der Waals surface area contributed by atoms with Gasteiger partial charge in [-0.1, -0.05) is 30.3 Å². The zero-order valence-corrected chi connectivity index (χ0v) is 10.4. The summed E-state index contributed by atoms with van der Waals surface area (Å²) in [6.45, 7) is 1.95. The van der Waals surface area contributed by atoms with Gasteiger partial charge in [-0.3, -0.25) is 4.79 Å². The predicted molar refractivity (Wildman–Crippen MR) is 67.2 cm³/mol. The summed E-state index contributed by atoms with van der Waals surface area (Å²) in [7, 11) is 0. The molecule has 1 fully saturated rings. The van der Waals surface area contributed by atoms with Crippen LogP contribution in [0.1, 0.15) is 31.2 Å². The Balaban J connectivity index is 2.16. The van der Waals surface area contributed by atoms with Gasteiger partial charge in [0.2, 0.25) is 5.91 Å². The summed E-state index contributed by atoms with van der Waals surface area (Å²) in [6.07, 6.45) is 1.33. The van der Waals surface area contributed by atoms with E-state index in [0.29, 0.717) is 13.0 Å². The maximum absolute atomic E-state index is 11.4. The van der Waals surface area contributed by atoms with Crippen molar-refractivity contribution in [2.75, 3.05) is 6.54 Å². The zero-order chi connectivity index (χ0) is 13.1.